The Morgan fingerprint density at radius 2 is 2.14 bits per heavy atom. The zero-order chi connectivity index (χ0) is 10.9. The highest BCUT2D eigenvalue weighted by atomic mass is 35.5. The Morgan fingerprint density at radius 1 is 1.57 bits per heavy atom. The molecule has 0 fully saturated rings. The molecule has 5 heteroatoms. The number of hydrogen-bond donors (Lipinski definition) is 1. The van der Waals surface area contributed by atoms with Gasteiger partial charge in [-0.2, -0.15) is 0 Å². The summed E-state index contributed by atoms with van der Waals surface area (Å²) >= 11 is 5.73. The number of allylic oxidation sites excluding steroid dienone is 2. The first-order chi connectivity index (χ1) is 6.32. The van der Waals surface area contributed by atoms with Crippen molar-refractivity contribution >= 4 is 11.6 Å². The Hall–Kier alpha value is -1.03. The van der Waals surface area contributed by atoms with E-state index in [1.54, 1.807) is 6.20 Å². The normalized spacial score (nSPS) is 22.1. The van der Waals surface area contributed by atoms with Gasteiger partial charge in [-0.25, -0.2) is 0 Å². The fraction of sp³-hybridized carbons (Fsp3) is 0.556. The number of alkyl halides is 1. The number of hydrogen-bond acceptors (Lipinski definition) is 3. The molecule has 14 heavy (non-hydrogen) atoms. The molecule has 0 radical (unpaired) electrons. The molecule has 78 valence electrons. The van der Waals surface area contributed by atoms with Crippen LogP contribution in [0.2, 0.25) is 0 Å². The number of nitrogens with one attached hydrogen (secondary N) is 1. The highest BCUT2D eigenvalue weighted by Gasteiger charge is 2.28. The third kappa shape index (κ3) is 2.26. The van der Waals surface area contributed by atoms with Gasteiger partial charge in [0.05, 0.1) is 4.92 Å². The van der Waals surface area contributed by atoms with Crippen molar-refractivity contribution in [3.05, 3.63) is 33.7 Å². The molecule has 1 aliphatic heterocycles. The van der Waals surface area contributed by atoms with Crippen LogP contribution in [0.15, 0.2) is 23.5 Å². The molecule has 0 aromatic heterocycles. The SMILES string of the molecule is CC(C)(C)C1=CNC(Cl)C([N+](=O)[O-])=C1. The van der Waals surface area contributed by atoms with Crippen molar-refractivity contribution in [2.24, 2.45) is 5.41 Å². The van der Waals surface area contributed by atoms with E-state index in [9.17, 15) is 10.1 Å². The van der Waals surface area contributed by atoms with Crippen LogP contribution in [-0.4, -0.2) is 10.4 Å². The minimum absolute atomic E-state index is 0.000841. The van der Waals surface area contributed by atoms with Crippen molar-refractivity contribution < 1.29 is 4.92 Å². The van der Waals surface area contributed by atoms with Crippen molar-refractivity contribution in [3.8, 4) is 0 Å². The number of nitro groups is 1. The Morgan fingerprint density at radius 3 is 2.57 bits per heavy atom. The zero-order valence-corrected chi connectivity index (χ0v) is 9.13. The second-order valence-electron chi connectivity index (χ2n) is 4.21. The maximum Gasteiger partial charge on any atom is 0.283 e. The van der Waals surface area contributed by atoms with Gasteiger partial charge in [-0.15, -0.1) is 0 Å². The van der Waals surface area contributed by atoms with E-state index in [2.05, 4.69) is 5.32 Å². The van der Waals surface area contributed by atoms with Gasteiger partial charge in [0, 0.05) is 12.3 Å². The number of rotatable bonds is 1. The van der Waals surface area contributed by atoms with E-state index in [0.717, 1.165) is 5.57 Å². The Balaban J connectivity index is 3.01. The van der Waals surface area contributed by atoms with E-state index in [1.807, 2.05) is 20.8 Å². The molecule has 0 amide bonds. The largest absolute Gasteiger partial charge is 0.366 e. The first-order valence-electron chi connectivity index (χ1n) is 4.29. The van der Waals surface area contributed by atoms with Gasteiger partial charge in [-0.3, -0.25) is 10.1 Å². The highest BCUT2D eigenvalue weighted by molar-refractivity contribution is 6.22. The fourth-order valence-corrected chi connectivity index (χ4v) is 1.31. The fourth-order valence-electron chi connectivity index (χ4n) is 1.10. The molecule has 0 aliphatic carbocycles. The lowest BCUT2D eigenvalue weighted by Gasteiger charge is -2.24. The molecule has 0 aromatic rings. The minimum Gasteiger partial charge on any atom is -0.366 e. The highest BCUT2D eigenvalue weighted by Crippen LogP contribution is 2.30. The number of nitrogens with zero attached hydrogens (tertiary/aromatic N) is 1. The third-order valence-electron chi connectivity index (χ3n) is 2.03. The molecule has 1 heterocycles. The van der Waals surface area contributed by atoms with E-state index in [0.29, 0.717) is 0 Å². The van der Waals surface area contributed by atoms with Crippen LogP contribution in [0.1, 0.15) is 20.8 Å². The summed E-state index contributed by atoms with van der Waals surface area (Å²) in [5.41, 5.74) is 0.0157. The molecule has 1 aliphatic rings. The summed E-state index contributed by atoms with van der Waals surface area (Å²) in [6.07, 6.45) is 3.26. The van der Waals surface area contributed by atoms with E-state index in [-0.39, 0.29) is 11.1 Å². The van der Waals surface area contributed by atoms with Crippen LogP contribution in [0.5, 0.6) is 0 Å². The first-order valence-corrected chi connectivity index (χ1v) is 4.73. The zero-order valence-electron chi connectivity index (χ0n) is 8.37. The Kier molecular flexibility index (Phi) is 2.85. The second kappa shape index (κ2) is 3.61. The molecule has 1 rings (SSSR count). The lowest BCUT2D eigenvalue weighted by atomic mass is 9.85. The lowest BCUT2D eigenvalue weighted by molar-refractivity contribution is -0.428. The van der Waals surface area contributed by atoms with E-state index in [1.165, 1.54) is 6.08 Å². The van der Waals surface area contributed by atoms with Crippen molar-refractivity contribution in [2.45, 2.75) is 26.3 Å². The van der Waals surface area contributed by atoms with Crippen LogP contribution < -0.4 is 5.32 Å². The smallest absolute Gasteiger partial charge is 0.283 e. The standard InChI is InChI=1S/C9H13ClN2O2/c1-9(2,3)6-4-7(12(13)14)8(10)11-5-6/h4-5,8,11H,1-3H3. The molecule has 1 atom stereocenters. The summed E-state index contributed by atoms with van der Waals surface area (Å²) in [5.74, 6) is 0. The monoisotopic (exact) mass is 216 g/mol. The van der Waals surface area contributed by atoms with Crippen molar-refractivity contribution in [2.75, 3.05) is 0 Å². The maximum atomic E-state index is 10.6. The van der Waals surface area contributed by atoms with Gasteiger partial charge in [0.25, 0.3) is 5.70 Å². The molecule has 1 N–H and O–H groups in total. The van der Waals surface area contributed by atoms with E-state index in [4.69, 9.17) is 11.6 Å². The van der Waals surface area contributed by atoms with Crippen LogP contribution in [0.4, 0.5) is 0 Å². The summed E-state index contributed by atoms with van der Waals surface area (Å²) in [6, 6.07) is 0. The molecule has 4 nitrogen and oxygen atoms in total. The van der Waals surface area contributed by atoms with Crippen LogP contribution in [0.3, 0.4) is 0 Å². The Bertz CT molecular complexity index is 315. The number of dihydropyridines is 1. The average Bonchev–Trinajstić information content (AvgIpc) is 2.02. The molecule has 1 unspecified atom stereocenters. The predicted molar refractivity (Wildman–Crippen MR) is 55.4 cm³/mol. The molecular formula is C9H13ClN2O2. The quantitative estimate of drug-likeness (QED) is 0.317. The van der Waals surface area contributed by atoms with E-state index < -0.39 is 10.4 Å². The van der Waals surface area contributed by atoms with Gasteiger partial charge >= 0.3 is 0 Å². The number of halogens is 1. The summed E-state index contributed by atoms with van der Waals surface area (Å²) in [7, 11) is 0. The lowest BCUT2D eigenvalue weighted by Crippen LogP contribution is -2.30. The molecule has 0 aromatic carbocycles. The van der Waals surface area contributed by atoms with Crippen LogP contribution in [-0.2, 0) is 0 Å². The summed E-state index contributed by atoms with van der Waals surface area (Å²) in [6.45, 7) is 5.97. The van der Waals surface area contributed by atoms with Gasteiger partial charge in [0.15, 0.2) is 5.50 Å². The van der Waals surface area contributed by atoms with Crippen molar-refractivity contribution in [1.82, 2.24) is 5.32 Å². The second-order valence-corrected chi connectivity index (χ2v) is 4.64. The van der Waals surface area contributed by atoms with Crippen molar-refractivity contribution in [1.29, 1.82) is 0 Å². The van der Waals surface area contributed by atoms with Crippen molar-refractivity contribution in [3.63, 3.8) is 0 Å². The summed E-state index contributed by atoms with van der Waals surface area (Å²) in [4.78, 5) is 10.2. The van der Waals surface area contributed by atoms with Gasteiger partial charge in [0.2, 0.25) is 0 Å². The average molecular weight is 217 g/mol. The van der Waals surface area contributed by atoms with Gasteiger partial charge in [-0.05, 0) is 11.0 Å². The molecule has 0 spiro atoms. The van der Waals surface area contributed by atoms with Gasteiger partial charge < -0.3 is 5.32 Å². The predicted octanol–water partition coefficient (Wildman–Crippen LogP) is 2.25. The topological polar surface area (TPSA) is 55.2 Å². The summed E-state index contributed by atoms with van der Waals surface area (Å²) < 4.78 is 0. The first kappa shape index (κ1) is 11.0. The third-order valence-corrected chi connectivity index (χ3v) is 2.37. The molecule has 0 saturated heterocycles. The van der Waals surface area contributed by atoms with Gasteiger partial charge in [-0.1, -0.05) is 32.4 Å². The van der Waals surface area contributed by atoms with E-state index >= 15 is 0 Å². The van der Waals surface area contributed by atoms with Crippen LogP contribution in [0, 0.1) is 15.5 Å². The molecular weight excluding hydrogens is 204 g/mol. The maximum absolute atomic E-state index is 10.6. The molecule has 0 bridgehead atoms. The van der Waals surface area contributed by atoms with Crippen LogP contribution >= 0.6 is 11.6 Å². The van der Waals surface area contributed by atoms with Gasteiger partial charge in [0.1, 0.15) is 0 Å². The summed E-state index contributed by atoms with van der Waals surface area (Å²) in [5, 5.41) is 13.4. The molecule has 0 saturated carbocycles. The Labute approximate surface area is 87.8 Å². The van der Waals surface area contributed by atoms with Crippen LogP contribution in [0.25, 0.3) is 0 Å². The minimum atomic E-state index is -0.740.